The molecule has 0 aliphatic heterocycles. The van der Waals surface area contributed by atoms with Crippen molar-refractivity contribution in [2.45, 2.75) is 40.9 Å². The van der Waals surface area contributed by atoms with Crippen LogP contribution in [0.2, 0.25) is 0 Å². The van der Waals surface area contributed by atoms with Gasteiger partial charge in [-0.1, -0.05) is 30.0 Å². The lowest BCUT2D eigenvalue weighted by atomic mass is 10.3. The normalized spacial score (nSPS) is 10.8. The van der Waals surface area contributed by atoms with Crippen LogP contribution in [-0.4, -0.2) is 33.0 Å². The maximum Gasteiger partial charge on any atom is 0.181 e. The summed E-state index contributed by atoms with van der Waals surface area (Å²) in [6.45, 7) is 7.01. The van der Waals surface area contributed by atoms with E-state index < -0.39 is 0 Å². The summed E-state index contributed by atoms with van der Waals surface area (Å²) in [6.07, 6.45) is 2.82. The molecule has 0 amide bonds. The van der Waals surface area contributed by atoms with Crippen LogP contribution in [0, 0.1) is 6.92 Å². The highest BCUT2D eigenvalue weighted by atomic mass is 32.2. The summed E-state index contributed by atoms with van der Waals surface area (Å²) in [4.78, 5) is 9.14. The Morgan fingerprint density at radius 1 is 1.15 bits per heavy atom. The zero-order chi connectivity index (χ0) is 14.5. The highest BCUT2D eigenvalue weighted by molar-refractivity contribution is 8.03. The van der Waals surface area contributed by atoms with Gasteiger partial charge in [0.2, 0.25) is 0 Å². The topological polar surface area (TPSA) is 63.6 Å². The number of nitrogens with one attached hydrogen (secondary N) is 1. The first-order chi connectivity index (χ1) is 9.67. The van der Waals surface area contributed by atoms with Gasteiger partial charge in [-0.3, -0.25) is 0 Å². The van der Waals surface area contributed by atoms with Crippen LogP contribution < -0.4 is 5.32 Å². The molecule has 0 unspecified atom stereocenters. The van der Waals surface area contributed by atoms with Crippen molar-refractivity contribution < 1.29 is 0 Å². The SMILES string of the molecule is CCNc1nc(CC)nc(Sc2nnc(SC)s2)c1C. The molecular formula is C12H17N5S3. The average Bonchev–Trinajstić information content (AvgIpc) is 2.91. The summed E-state index contributed by atoms with van der Waals surface area (Å²) in [5, 5.41) is 12.5. The number of hydrogen-bond donors (Lipinski definition) is 1. The maximum atomic E-state index is 4.61. The molecule has 2 rings (SSSR count). The molecule has 0 spiro atoms. The summed E-state index contributed by atoms with van der Waals surface area (Å²) in [6, 6.07) is 0. The van der Waals surface area contributed by atoms with Gasteiger partial charge in [0.05, 0.1) is 0 Å². The van der Waals surface area contributed by atoms with Crippen LogP contribution in [0.4, 0.5) is 5.82 Å². The summed E-state index contributed by atoms with van der Waals surface area (Å²) < 4.78 is 1.89. The largest absolute Gasteiger partial charge is 0.370 e. The van der Waals surface area contributed by atoms with Crippen LogP contribution in [-0.2, 0) is 6.42 Å². The average molecular weight is 328 g/mol. The van der Waals surface area contributed by atoms with Crippen molar-refractivity contribution in [3.05, 3.63) is 11.4 Å². The first-order valence-electron chi connectivity index (χ1n) is 6.34. The molecular weight excluding hydrogens is 310 g/mol. The zero-order valence-electron chi connectivity index (χ0n) is 11.9. The molecule has 0 saturated heterocycles. The first-order valence-corrected chi connectivity index (χ1v) is 9.20. The Kier molecular flexibility index (Phi) is 5.62. The lowest BCUT2D eigenvalue weighted by Crippen LogP contribution is -2.07. The lowest BCUT2D eigenvalue weighted by Gasteiger charge is -2.11. The number of anilines is 1. The van der Waals surface area contributed by atoms with Crippen molar-refractivity contribution in [1.82, 2.24) is 20.2 Å². The molecule has 2 aromatic rings. The van der Waals surface area contributed by atoms with E-state index in [0.29, 0.717) is 0 Å². The van der Waals surface area contributed by atoms with Crippen molar-refractivity contribution >= 4 is 40.7 Å². The molecule has 2 heterocycles. The van der Waals surface area contributed by atoms with E-state index in [0.717, 1.165) is 43.9 Å². The minimum atomic E-state index is 0.818. The predicted molar refractivity (Wildman–Crippen MR) is 86.1 cm³/mol. The molecule has 5 nitrogen and oxygen atoms in total. The molecule has 0 bridgehead atoms. The van der Waals surface area contributed by atoms with Gasteiger partial charge >= 0.3 is 0 Å². The number of nitrogens with zero attached hydrogens (tertiary/aromatic N) is 4. The summed E-state index contributed by atoms with van der Waals surface area (Å²) >= 11 is 4.76. The van der Waals surface area contributed by atoms with E-state index in [9.17, 15) is 0 Å². The van der Waals surface area contributed by atoms with Crippen LogP contribution in [0.5, 0.6) is 0 Å². The first kappa shape index (κ1) is 15.5. The van der Waals surface area contributed by atoms with Crippen LogP contribution in [0.25, 0.3) is 0 Å². The van der Waals surface area contributed by atoms with Gasteiger partial charge in [-0.05, 0) is 31.9 Å². The van der Waals surface area contributed by atoms with Gasteiger partial charge in [0, 0.05) is 18.5 Å². The molecule has 0 saturated carbocycles. The molecule has 2 aromatic heterocycles. The van der Waals surface area contributed by atoms with Crippen LogP contribution >= 0.6 is 34.9 Å². The Labute approximate surface area is 131 Å². The Balaban J connectivity index is 2.31. The zero-order valence-corrected chi connectivity index (χ0v) is 14.4. The van der Waals surface area contributed by atoms with E-state index in [-0.39, 0.29) is 0 Å². The predicted octanol–water partition coefficient (Wildman–Crippen LogP) is 3.50. The molecule has 0 radical (unpaired) electrons. The van der Waals surface area contributed by atoms with Gasteiger partial charge < -0.3 is 5.32 Å². The summed E-state index contributed by atoms with van der Waals surface area (Å²) in [7, 11) is 0. The Morgan fingerprint density at radius 2 is 1.90 bits per heavy atom. The fourth-order valence-corrected chi connectivity index (χ4v) is 3.99. The molecule has 0 atom stereocenters. The number of hydrogen-bond acceptors (Lipinski definition) is 8. The second-order valence-electron chi connectivity index (χ2n) is 3.94. The van der Waals surface area contributed by atoms with Gasteiger partial charge in [-0.25, -0.2) is 9.97 Å². The second-order valence-corrected chi connectivity index (χ2v) is 7.21. The van der Waals surface area contributed by atoms with E-state index in [4.69, 9.17) is 0 Å². The van der Waals surface area contributed by atoms with Crippen molar-refractivity contribution in [3.8, 4) is 0 Å². The number of rotatable bonds is 6. The Hall–Kier alpha value is -0.860. The van der Waals surface area contributed by atoms with Gasteiger partial charge in [0.25, 0.3) is 0 Å². The third kappa shape index (κ3) is 3.62. The minimum Gasteiger partial charge on any atom is -0.370 e. The van der Waals surface area contributed by atoms with Crippen LogP contribution in [0.15, 0.2) is 13.7 Å². The Morgan fingerprint density at radius 3 is 2.50 bits per heavy atom. The van der Waals surface area contributed by atoms with Gasteiger partial charge in [0.15, 0.2) is 8.68 Å². The monoisotopic (exact) mass is 327 g/mol. The van der Waals surface area contributed by atoms with Gasteiger partial charge in [-0.15, -0.1) is 10.2 Å². The number of thioether (sulfide) groups is 1. The van der Waals surface area contributed by atoms with Crippen molar-refractivity contribution in [1.29, 1.82) is 0 Å². The van der Waals surface area contributed by atoms with Gasteiger partial charge in [-0.2, -0.15) is 0 Å². The quantitative estimate of drug-likeness (QED) is 0.643. The highest BCUT2D eigenvalue weighted by Crippen LogP contribution is 2.34. The standard InChI is InChI=1S/C12H17N5S3/c1-5-8-14-9(13-6-2)7(3)10(15-8)19-12-17-16-11(18-4)20-12/h5-6H2,1-4H3,(H,13,14,15). The Bertz CT molecular complexity index is 584. The highest BCUT2D eigenvalue weighted by Gasteiger charge is 2.13. The molecule has 0 aliphatic rings. The third-order valence-electron chi connectivity index (χ3n) is 2.55. The van der Waals surface area contributed by atoms with Crippen molar-refractivity contribution in [3.63, 3.8) is 0 Å². The molecule has 0 aliphatic carbocycles. The molecule has 1 N–H and O–H groups in total. The van der Waals surface area contributed by atoms with Gasteiger partial charge in [0.1, 0.15) is 16.7 Å². The molecule has 20 heavy (non-hydrogen) atoms. The van der Waals surface area contributed by atoms with E-state index in [1.807, 2.05) is 13.2 Å². The molecule has 0 aromatic carbocycles. The lowest BCUT2D eigenvalue weighted by molar-refractivity contribution is 0.868. The molecule has 108 valence electrons. The third-order valence-corrected chi connectivity index (χ3v) is 5.59. The molecule has 0 fully saturated rings. The van der Waals surface area contributed by atoms with E-state index >= 15 is 0 Å². The van der Waals surface area contributed by atoms with Crippen LogP contribution in [0.3, 0.4) is 0 Å². The number of aromatic nitrogens is 4. The van der Waals surface area contributed by atoms with E-state index in [2.05, 4.69) is 39.3 Å². The molecule has 8 heteroatoms. The van der Waals surface area contributed by atoms with E-state index in [1.165, 1.54) is 0 Å². The second kappa shape index (κ2) is 7.24. The minimum absolute atomic E-state index is 0.818. The fourth-order valence-electron chi connectivity index (χ4n) is 1.54. The smallest absolute Gasteiger partial charge is 0.181 e. The van der Waals surface area contributed by atoms with Crippen molar-refractivity contribution in [2.75, 3.05) is 18.1 Å². The fraction of sp³-hybridized carbons (Fsp3) is 0.500. The summed E-state index contributed by atoms with van der Waals surface area (Å²) in [5.74, 6) is 1.76. The van der Waals surface area contributed by atoms with Crippen molar-refractivity contribution in [2.24, 2.45) is 0 Å². The summed E-state index contributed by atoms with van der Waals surface area (Å²) in [5.41, 5.74) is 1.06. The van der Waals surface area contributed by atoms with Crippen LogP contribution in [0.1, 0.15) is 25.2 Å². The maximum absolute atomic E-state index is 4.61. The number of aryl methyl sites for hydroxylation is 1. The van der Waals surface area contributed by atoms with E-state index in [1.54, 1.807) is 34.9 Å².